The van der Waals surface area contributed by atoms with E-state index in [0.29, 0.717) is 13.2 Å². The molecule has 1 aromatic heterocycles. The molecule has 192 valence electrons. The van der Waals surface area contributed by atoms with E-state index in [4.69, 9.17) is 9.72 Å². The van der Waals surface area contributed by atoms with Crippen molar-refractivity contribution in [2.24, 2.45) is 0 Å². The molecule has 4 aromatic rings. The van der Waals surface area contributed by atoms with E-state index in [1.54, 1.807) is 6.08 Å². The average Bonchev–Trinajstić information content (AvgIpc) is 3.27. The highest BCUT2D eigenvalue weighted by molar-refractivity contribution is 5.91. The van der Waals surface area contributed by atoms with Gasteiger partial charge in [-0.1, -0.05) is 61.0 Å². The molecule has 0 fully saturated rings. The van der Waals surface area contributed by atoms with Gasteiger partial charge in [-0.2, -0.15) is 0 Å². The number of para-hydroxylation sites is 2. The van der Waals surface area contributed by atoms with Gasteiger partial charge in [0, 0.05) is 25.6 Å². The van der Waals surface area contributed by atoms with Gasteiger partial charge >= 0.3 is 0 Å². The Morgan fingerprint density at radius 3 is 2.59 bits per heavy atom. The number of imidazole rings is 1. The van der Waals surface area contributed by atoms with Crippen molar-refractivity contribution in [2.75, 3.05) is 13.2 Å². The molecule has 0 saturated carbocycles. The van der Waals surface area contributed by atoms with E-state index in [2.05, 4.69) is 48.0 Å². The number of nitrogens with zero attached hydrogens (tertiary/aromatic N) is 2. The molecule has 3 aromatic carbocycles. The SMILES string of the molecule is Cc1cccc(OCCCn2c(CCCCCNC(=O)/C=C/c3ccccc3)nc3ccccc32)c1C. The van der Waals surface area contributed by atoms with Crippen LogP contribution in [-0.2, 0) is 17.8 Å². The third-order valence-corrected chi connectivity index (χ3v) is 6.68. The first kappa shape index (κ1) is 26.2. The van der Waals surface area contributed by atoms with Crippen molar-refractivity contribution < 1.29 is 9.53 Å². The van der Waals surface area contributed by atoms with Crippen molar-refractivity contribution in [3.8, 4) is 5.75 Å². The Kier molecular flexibility index (Phi) is 9.53. The number of ether oxygens (including phenoxy) is 1. The van der Waals surface area contributed by atoms with Crippen LogP contribution in [-0.4, -0.2) is 28.6 Å². The van der Waals surface area contributed by atoms with Gasteiger partial charge in [-0.05, 0) is 74.1 Å². The zero-order valence-electron chi connectivity index (χ0n) is 22.0. The van der Waals surface area contributed by atoms with Crippen molar-refractivity contribution in [3.63, 3.8) is 0 Å². The van der Waals surface area contributed by atoms with Crippen LogP contribution >= 0.6 is 0 Å². The number of carbonyl (C=O) groups excluding carboxylic acids is 1. The fraction of sp³-hybridized carbons (Fsp3) is 0.312. The fourth-order valence-electron chi connectivity index (χ4n) is 4.44. The summed E-state index contributed by atoms with van der Waals surface area (Å²) in [6.07, 6.45) is 8.32. The summed E-state index contributed by atoms with van der Waals surface area (Å²) in [5, 5.41) is 2.98. The van der Waals surface area contributed by atoms with E-state index in [-0.39, 0.29) is 5.91 Å². The number of aromatic nitrogens is 2. The molecule has 0 aliphatic heterocycles. The molecular weight excluding hydrogens is 458 g/mol. The van der Waals surface area contributed by atoms with Gasteiger partial charge in [-0.15, -0.1) is 0 Å². The van der Waals surface area contributed by atoms with Gasteiger partial charge in [0.1, 0.15) is 11.6 Å². The molecule has 37 heavy (non-hydrogen) atoms. The Hall–Kier alpha value is -3.86. The van der Waals surface area contributed by atoms with Crippen LogP contribution in [0.15, 0.2) is 78.9 Å². The first-order valence-electron chi connectivity index (χ1n) is 13.3. The molecule has 0 bridgehead atoms. The maximum absolute atomic E-state index is 12.0. The summed E-state index contributed by atoms with van der Waals surface area (Å²) < 4.78 is 8.43. The number of nitrogens with one attached hydrogen (secondary N) is 1. The number of unbranched alkanes of at least 4 members (excludes halogenated alkanes) is 2. The van der Waals surface area contributed by atoms with Gasteiger partial charge in [0.25, 0.3) is 0 Å². The second-order valence-electron chi connectivity index (χ2n) is 9.41. The maximum atomic E-state index is 12.0. The molecule has 1 N–H and O–H groups in total. The Labute approximate surface area is 220 Å². The largest absolute Gasteiger partial charge is 0.493 e. The van der Waals surface area contributed by atoms with E-state index in [9.17, 15) is 4.79 Å². The monoisotopic (exact) mass is 495 g/mol. The van der Waals surface area contributed by atoms with Gasteiger partial charge in [0.05, 0.1) is 17.6 Å². The Morgan fingerprint density at radius 1 is 0.919 bits per heavy atom. The van der Waals surface area contributed by atoms with E-state index < -0.39 is 0 Å². The summed E-state index contributed by atoms with van der Waals surface area (Å²) in [5.41, 5.74) is 5.72. The summed E-state index contributed by atoms with van der Waals surface area (Å²) in [7, 11) is 0. The summed E-state index contributed by atoms with van der Waals surface area (Å²) in [6.45, 7) is 6.46. The molecule has 0 atom stereocenters. The van der Waals surface area contributed by atoms with Crippen LogP contribution in [0.2, 0.25) is 0 Å². The summed E-state index contributed by atoms with van der Waals surface area (Å²) >= 11 is 0. The summed E-state index contributed by atoms with van der Waals surface area (Å²) in [4.78, 5) is 17.0. The lowest BCUT2D eigenvalue weighted by Gasteiger charge is -2.12. The van der Waals surface area contributed by atoms with Gasteiger partial charge in [-0.25, -0.2) is 4.98 Å². The number of carbonyl (C=O) groups is 1. The Bertz CT molecular complexity index is 1320. The molecule has 5 nitrogen and oxygen atoms in total. The average molecular weight is 496 g/mol. The fourth-order valence-corrected chi connectivity index (χ4v) is 4.44. The molecule has 0 aliphatic carbocycles. The van der Waals surface area contributed by atoms with Gasteiger partial charge < -0.3 is 14.6 Å². The lowest BCUT2D eigenvalue weighted by atomic mass is 10.1. The number of amides is 1. The Balaban J connectivity index is 1.22. The zero-order valence-corrected chi connectivity index (χ0v) is 22.0. The number of hydrogen-bond donors (Lipinski definition) is 1. The molecular formula is C32H37N3O2. The van der Waals surface area contributed by atoms with E-state index in [1.165, 1.54) is 16.6 Å². The predicted molar refractivity (Wildman–Crippen MR) is 152 cm³/mol. The zero-order chi connectivity index (χ0) is 25.9. The molecule has 0 aliphatic rings. The number of rotatable bonds is 13. The quantitative estimate of drug-likeness (QED) is 0.167. The number of aryl methyl sites for hydroxylation is 3. The second-order valence-corrected chi connectivity index (χ2v) is 9.41. The minimum atomic E-state index is -0.0475. The second kappa shape index (κ2) is 13.4. The number of fused-ring (bicyclic) bond motifs is 1. The first-order chi connectivity index (χ1) is 18.1. The maximum Gasteiger partial charge on any atom is 0.243 e. The molecule has 5 heteroatoms. The normalized spacial score (nSPS) is 11.3. The molecule has 4 rings (SSSR count). The first-order valence-corrected chi connectivity index (χ1v) is 13.3. The van der Waals surface area contributed by atoms with Crippen LogP contribution in [0.25, 0.3) is 17.1 Å². The van der Waals surface area contributed by atoms with Crippen molar-refractivity contribution in [1.82, 2.24) is 14.9 Å². The van der Waals surface area contributed by atoms with Crippen molar-refractivity contribution in [3.05, 3.63) is 101 Å². The van der Waals surface area contributed by atoms with Crippen LogP contribution in [0.3, 0.4) is 0 Å². The van der Waals surface area contributed by atoms with Crippen LogP contribution < -0.4 is 10.1 Å². The lowest BCUT2D eigenvalue weighted by Crippen LogP contribution is -2.22. The van der Waals surface area contributed by atoms with E-state index >= 15 is 0 Å². The minimum absolute atomic E-state index is 0.0475. The highest BCUT2D eigenvalue weighted by Gasteiger charge is 2.10. The van der Waals surface area contributed by atoms with Gasteiger partial charge in [0.2, 0.25) is 5.91 Å². The van der Waals surface area contributed by atoms with Crippen molar-refractivity contribution >= 4 is 23.0 Å². The predicted octanol–water partition coefficient (Wildman–Crippen LogP) is 6.66. The third-order valence-electron chi connectivity index (χ3n) is 6.68. The Morgan fingerprint density at radius 2 is 1.73 bits per heavy atom. The van der Waals surface area contributed by atoms with Crippen LogP contribution in [0.4, 0.5) is 0 Å². The molecule has 1 heterocycles. The minimum Gasteiger partial charge on any atom is -0.493 e. The molecule has 0 unspecified atom stereocenters. The molecule has 1 amide bonds. The van der Waals surface area contributed by atoms with Crippen LogP contribution in [0.5, 0.6) is 5.75 Å². The van der Waals surface area contributed by atoms with Crippen LogP contribution in [0, 0.1) is 13.8 Å². The van der Waals surface area contributed by atoms with E-state index in [1.807, 2.05) is 54.6 Å². The highest BCUT2D eigenvalue weighted by atomic mass is 16.5. The van der Waals surface area contributed by atoms with Crippen molar-refractivity contribution in [2.45, 2.75) is 52.5 Å². The third kappa shape index (κ3) is 7.56. The standard InChI is InChI=1S/C32H37N3O2/c1-25-13-11-18-30(26(25)2)37-24-12-23-35-29-17-9-8-16-28(29)34-31(35)19-7-4-10-22-33-32(36)21-20-27-14-5-3-6-15-27/h3,5-6,8-9,11,13-18,20-21H,4,7,10,12,19,22-24H2,1-2H3,(H,33,36)/b21-20+. The molecule has 0 spiro atoms. The van der Waals surface area contributed by atoms with Crippen molar-refractivity contribution in [1.29, 1.82) is 0 Å². The molecule has 0 radical (unpaired) electrons. The summed E-state index contributed by atoms with van der Waals surface area (Å²) in [5.74, 6) is 2.05. The van der Waals surface area contributed by atoms with Gasteiger partial charge in [-0.3, -0.25) is 4.79 Å². The number of benzene rings is 3. The van der Waals surface area contributed by atoms with Crippen LogP contribution in [0.1, 0.15) is 48.2 Å². The summed E-state index contributed by atoms with van der Waals surface area (Å²) in [6, 6.07) is 24.4. The molecule has 0 saturated heterocycles. The topological polar surface area (TPSA) is 56.1 Å². The number of hydrogen-bond acceptors (Lipinski definition) is 3. The smallest absolute Gasteiger partial charge is 0.243 e. The lowest BCUT2D eigenvalue weighted by molar-refractivity contribution is -0.116. The van der Waals surface area contributed by atoms with E-state index in [0.717, 1.165) is 61.3 Å². The van der Waals surface area contributed by atoms with Gasteiger partial charge in [0.15, 0.2) is 0 Å². The highest BCUT2D eigenvalue weighted by Crippen LogP contribution is 2.22.